The molecule has 0 radical (unpaired) electrons. The number of carbonyl (C=O) groups is 2. The first-order valence-electron chi connectivity index (χ1n) is 12.0. The minimum absolute atomic E-state index is 0.0202. The Bertz CT molecular complexity index is 1750. The van der Waals surface area contributed by atoms with Crippen molar-refractivity contribution in [2.75, 3.05) is 12.4 Å². The van der Waals surface area contributed by atoms with Gasteiger partial charge in [0.25, 0.3) is 11.6 Å². The van der Waals surface area contributed by atoms with Gasteiger partial charge >= 0.3 is 5.97 Å². The fourth-order valence-electron chi connectivity index (χ4n) is 3.57. The van der Waals surface area contributed by atoms with Crippen LogP contribution in [-0.2, 0) is 5.75 Å². The van der Waals surface area contributed by atoms with Crippen LogP contribution in [0.3, 0.4) is 0 Å². The van der Waals surface area contributed by atoms with Crippen molar-refractivity contribution >= 4 is 79.8 Å². The van der Waals surface area contributed by atoms with E-state index in [0.717, 1.165) is 20.1 Å². The number of thiazole rings is 1. The Morgan fingerprint density at radius 2 is 1.62 bits per heavy atom. The Kier molecular flexibility index (Phi) is 10.4. The summed E-state index contributed by atoms with van der Waals surface area (Å²) in [7, 11) is 1.53. The van der Waals surface area contributed by atoms with Crippen molar-refractivity contribution in [3.8, 4) is 5.75 Å². The molecule has 9 nitrogen and oxygen atoms in total. The Hall–Kier alpha value is -4.16. The number of benzene rings is 4. The molecule has 0 spiro atoms. The van der Waals surface area contributed by atoms with E-state index in [-0.39, 0.29) is 17.2 Å². The van der Waals surface area contributed by atoms with Crippen molar-refractivity contribution in [1.82, 2.24) is 4.98 Å². The van der Waals surface area contributed by atoms with Gasteiger partial charge in [-0.05, 0) is 72.8 Å². The number of amides is 1. The van der Waals surface area contributed by atoms with Gasteiger partial charge in [-0.25, -0.2) is 9.78 Å². The third-order valence-corrected chi connectivity index (χ3v) is 8.36. The molecule has 2 N–H and O–H groups in total. The summed E-state index contributed by atoms with van der Waals surface area (Å²) in [4.78, 5) is 38.0. The number of fused-ring (bicyclic) bond motifs is 1. The van der Waals surface area contributed by atoms with E-state index in [0.29, 0.717) is 32.8 Å². The summed E-state index contributed by atoms with van der Waals surface area (Å²) >= 11 is 14.4. The first kappa shape index (κ1) is 30.8. The lowest BCUT2D eigenvalue weighted by atomic mass is 10.2. The molecular formula is C29H21Cl2N3O6S2. The standard InChI is InChI=1S/C22H16ClN3O4S2.C7H5ClO2/c1-30-19-9-7-17(26(28)29)10-14(19)12-31-22-25-18-8-6-16(11-20(18)32-22)24-21(27)13-2-4-15(23)5-3-13;8-6-3-1-5(2-4-6)7(9)10/h2-11H,12H2,1H3,(H,24,27);1-4H,(H,9,10). The summed E-state index contributed by atoms with van der Waals surface area (Å²) in [5.74, 6) is -0.0869. The summed E-state index contributed by atoms with van der Waals surface area (Å²) in [5.41, 5.74) is 2.99. The molecular weight excluding hydrogens is 621 g/mol. The predicted octanol–water partition coefficient (Wildman–Crippen LogP) is 8.45. The molecule has 0 saturated heterocycles. The van der Waals surface area contributed by atoms with E-state index in [1.807, 2.05) is 12.1 Å². The first-order valence-corrected chi connectivity index (χ1v) is 14.6. The molecule has 4 aromatic carbocycles. The number of non-ortho nitro benzene ring substituents is 1. The van der Waals surface area contributed by atoms with E-state index in [1.54, 1.807) is 48.5 Å². The highest BCUT2D eigenvalue weighted by Gasteiger charge is 2.14. The number of methoxy groups -OCH3 is 1. The average molecular weight is 643 g/mol. The smallest absolute Gasteiger partial charge is 0.335 e. The van der Waals surface area contributed by atoms with Crippen molar-refractivity contribution in [3.05, 3.63) is 122 Å². The molecule has 0 aliphatic heterocycles. The summed E-state index contributed by atoms with van der Waals surface area (Å²) in [6.07, 6.45) is 0. The second-order valence-corrected chi connectivity index (χ2v) is 11.6. The summed E-state index contributed by atoms with van der Waals surface area (Å²) < 4.78 is 7.06. The zero-order valence-corrected chi connectivity index (χ0v) is 24.9. The molecule has 1 heterocycles. The van der Waals surface area contributed by atoms with Crippen LogP contribution in [0.25, 0.3) is 10.2 Å². The quantitative estimate of drug-likeness (QED) is 0.0979. The number of aromatic carboxylic acids is 1. The van der Waals surface area contributed by atoms with Crippen molar-refractivity contribution in [2.24, 2.45) is 0 Å². The van der Waals surface area contributed by atoms with Crippen LogP contribution in [0.1, 0.15) is 26.3 Å². The molecule has 1 amide bonds. The van der Waals surface area contributed by atoms with Gasteiger partial charge in [-0.1, -0.05) is 35.0 Å². The summed E-state index contributed by atoms with van der Waals surface area (Å²) in [6, 6.07) is 22.8. The van der Waals surface area contributed by atoms with E-state index < -0.39 is 10.9 Å². The minimum Gasteiger partial charge on any atom is -0.496 e. The highest BCUT2D eigenvalue weighted by molar-refractivity contribution is 8.00. The zero-order chi connectivity index (χ0) is 30.2. The fourth-order valence-corrected chi connectivity index (χ4v) is 5.91. The highest BCUT2D eigenvalue weighted by Crippen LogP contribution is 2.35. The lowest BCUT2D eigenvalue weighted by molar-refractivity contribution is -0.384. The van der Waals surface area contributed by atoms with E-state index in [4.69, 9.17) is 33.0 Å². The van der Waals surface area contributed by atoms with Crippen LogP contribution < -0.4 is 10.1 Å². The third kappa shape index (κ3) is 8.20. The van der Waals surface area contributed by atoms with Crippen LogP contribution in [0.15, 0.2) is 89.3 Å². The van der Waals surface area contributed by atoms with Crippen LogP contribution in [0, 0.1) is 10.1 Å². The molecule has 0 bridgehead atoms. The Balaban J connectivity index is 0.000000343. The fraction of sp³-hybridized carbons (Fsp3) is 0.0690. The van der Waals surface area contributed by atoms with Crippen LogP contribution in [0.2, 0.25) is 10.0 Å². The van der Waals surface area contributed by atoms with Gasteiger partial charge in [0.15, 0.2) is 4.34 Å². The van der Waals surface area contributed by atoms with Gasteiger partial charge in [-0.2, -0.15) is 0 Å². The Morgan fingerprint density at radius 3 is 2.21 bits per heavy atom. The maximum atomic E-state index is 12.4. The first-order chi connectivity index (χ1) is 20.1. The van der Waals surface area contributed by atoms with Crippen molar-refractivity contribution < 1.29 is 24.4 Å². The molecule has 0 atom stereocenters. The average Bonchev–Trinajstić information content (AvgIpc) is 3.39. The largest absolute Gasteiger partial charge is 0.496 e. The van der Waals surface area contributed by atoms with Gasteiger partial charge in [0.1, 0.15) is 5.75 Å². The summed E-state index contributed by atoms with van der Waals surface area (Å²) in [6.45, 7) is 0. The molecule has 0 fully saturated rings. The van der Waals surface area contributed by atoms with E-state index in [9.17, 15) is 19.7 Å². The molecule has 0 aliphatic carbocycles. The zero-order valence-electron chi connectivity index (χ0n) is 21.7. The van der Waals surface area contributed by atoms with Gasteiger partial charge < -0.3 is 15.2 Å². The number of nitrogens with zero attached hydrogens (tertiary/aromatic N) is 2. The number of halogens is 2. The number of hydrogen-bond acceptors (Lipinski definition) is 8. The monoisotopic (exact) mass is 641 g/mol. The summed E-state index contributed by atoms with van der Waals surface area (Å²) in [5, 5.41) is 23.5. The number of nitro benzene ring substituents is 1. The maximum Gasteiger partial charge on any atom is 0.335 e. The molecule has 5 aromatic rings. The number of aromatic nitrogens is 1. The van der Waals surface area contributed by atoms with Crippen LogP contribution in [0.4, 0.5) is 11.4 Å². The topological polar surface area (TPSA) is 132 Å². The third-order valence-electron chi connectivity index (χ3n) is 5.65. The highest BCUT2D eigenvalue weighted by atomic mass is 35.5. The van der Waals surface area contributed by atoms with Crippen LogP contribution >= 0.6 is 46.3 Å². The number of carboxylic acid groups (broad SMARTS) is 1. The molecule has 0 unspecified atom stereocenters. The number of carboxylic acids is 1. The number of hydrogen-bond donors (Lipinski definition) is 2. The second-order valence-electron chi connectivity index (χ2n) is 8.48. The Morgan fingerprint density at radius 1 is 0.976 bits per heavy atom. The maximum absolute atomic E-state index is 12.4. The van der Waals surface area contributed by atoms with E-state index >= 15 is 0 Å². The van der Waals surface area contributed by atoms with Crippen LogP contribution in [-0.4, -0.2) is 34.0 Å². The van der Waals surface area contributed by atoms with Gasteiger partial charge in [-0.3, -0.25) is 14.9 Å². The van der Waals surface area contributed by atoms with E-state index in [1.165, 1.54) is 54.5 Å². The van der Waals surface area contributed by atoms with Gasteiger partial charge in [0.05, 0.1) is 27.8 Å². The number of nitro groups is 1. The molecule has 5 rings (SSSR count). The number of nitrogens with one attached hydrogen (secondary N) is 1. The minimum atomic E-state index is -0.934. The van der Waals surface area contributed by atoms with Crippen molar-refractivity contribution in [2.45, 2.75) is 10.1 Å². The van der Waals surface area contributed by atoms with Gasteiger partial charge in [0.2, 0.25) is 0 Å². The number of anilines is 1. The molecule has 1 aromatic heterocycles. The lowest BCUT2D eigenvalue weighted by Crippen LogP contribution is -2.11. The molecule has 13 heteroatoms. The molecule has 0 saturated carbocycles. The van der Waals surface area contributed by atoms with Crippen LogP contribution in [0.5, 0.6) is 5.75 Å². The lowest BCUT2D eigenvalue weighted by Gasteiger charge is -2.06. The SMILES string of the molecule is COc1ccc([N+](=O)[O-])cc1CSc1nc2ccc(NC(=O)c3ccc(Cl)cc3)cc2s1.O=C(O)c1ccc(Cl)cc1. The number of thioether (sulfide) groups is 1. The van der Waals surface area contributed by atoms with Gasteiger partial charge in [0, 0.05) is 44.7 Å². The second kappa shape index (κ2) is 14.1. The normalized spacial score (nSPS) is 10.5. The van der Waals surface area contributed by atoms with Gasteiger partial charge in [-0.15, -0.1) is 11.3 Å². The number of carbonyl (C=O) groups excluding carboxylic acids is 1. The molecule has 0 aliphatic rings. The molecule has 214 valence electrons. The van der Waals surface area contributed by atoms with E-state index in [2.05, 4.69) is 10.3 Å². The predicted molar refractivity (Wildman–Crippen MR) is 167 cm³/mol. The van der Waals surface area contributed by atoms with Crippen molar-refractivity contribution in [3.63, 3.8) is 0 Å². The Labute approximate surface area is 258 Å². The molecule has 42 heavy (non-hydrogen) atoms. The number of rotatable bonds is 8. The number of ether oxygens (including phenoxy) is 1. The van der Waals surface area contributed by atoms with Crippen molar-refractivity contribution in [1.29, 1.82) is 0 Å².